The van der Waals surface area contributed by atoms with Crippen LogP contribution in [0.15, 0.2) is 36.4 Å². The maximum Gasteiger partial charge on any atom is 0.342 e. The van der Waals surface area contributed by atoms with Gasteiger partial charge in [0.15, 0.2) is 11.6 Å². The first kappa shape index (κ1) is 16.5. The lowest BCUT2D eigenvalue weighted by Crippen LogP contribution is -2.26. The minimum absolute atomic E-state index is 0.0610. The molecule has 7 heteroatoms. The Labute approximate surface area is 139 Å². The summed E-state index contributed by atoms with van der Waals surface area (Å²) in [5, 5.41) is 10.8. The second kappa shape index (κ2) is 5.65. The van der Waals surface area contributed by atoms with Crippen LogP contribution in [0.2, 0.25) is 5.02 Å². The molecular weight excluding hydrogens is 345 g/mol. The summed E-state index contributed by atoms with van der Waals surface area (Å²) >= 11 is 5.81. The standard InChI is InChI=1S/C17H10ClF3O3/c1-17(23)15(8-2-4-9(18)5-3-8)14(16(22)24-17)10-6-12(20)13(21)7-11(10)19/h2-7,23H,1H3. The van der Waals surface area contributed by atoms with Crippen molar-refractivity contribution in [2.24, 2.45) is 0 Å². The van der Waals surface area contributed by atoms with Crippen molar-refractivity contribution in [3.05, 3.63) is 70.0 Å². The van der Waals surface area contributed by atoms with Gasteiger partial charge in [0.1, 0.15) is 5.82 Å². The van der Waals surface area contributed by atoms with E-state index in [-0.39, 0.29) is 11.1 Å². The third kappa shape index (κ3) is 2.68. The number of cyclic esters (lactones) is 1. The van der Waals surface area contributed by atoms with Gasteiger partial charge in [0, 0.05) is 29.1 Å². The van der Waals surface area contributed by atoms with Gasteiger partial charge in [-0.2, -0.15) is 0 Å². The molecular formula is C17H10ClF3O3. The molecule has 3 nitrogen and oxygen atoms in total. The normalized spacial score (nSPS) is 20.5. The highest BCUT2D eigenvalue weighted by Crippen LogP contribution is 2.43. The highest BCUT2D eigenvalue weighted by atomic mass is 35.5. The molecule has 1 N–H and O–H groups in total. The molecule has 0 radical (unpaired) electrons. The summed E-state index contributed by atoms with van der Waals surface area (Å²) in [5.74, 6) is -6.96. The minimum Gasteiger partial charge on any atom is -0.425 e. The second-order valence-electron chi connectivity index (χ2n) is 5.38. The molecule has 1 aliphatic heterocycles. The Kier molecular flexibility index (Phi) is 3.89. The number of hydrogen-bond donors (Lipinski definition) is 1. The second-order valence-corrected chi connectivity index (χ2v) is 5.81. The van der Waals surface area contributed by atoms with E-state index < -0.39 is 34.8 Å². The number of rotatable bonds is 2. The Bertz CT molecular complexity index is 873. The summed E-state index contributed by atoms with van der Waals surface area (Å²) in [6.07, 6.45) is 0. The van der Waals surface area contributed by atoms with Crippen LogP contribution in [0.3, 0.4) is 0 Å². The maximum absolute atomic E-state index is 14.1. The van der Waals surface area contributed by atoms with Crippen molar-refractivity contribution >= 4 is 28.7 Å². The molecule has 124 valence electrons. The largest absolute Gasteiger partial charge is 0.425 e. The van der Waals surface area contributed by atoms with E-state index in [1.54, 1.807) is 0 Å². The topological polar surface area (TPSA) is 46.5 Å². The Morgan fingerprint density at radius 1 is 1.04 bits per heavy atom. The molecule has 0 saturated heterocycles. The van der Waals surface area contributed by atoms with Gasteiger partial charge in [0.2, 0.25) is 5.79 Å². The Balaban J connectivity index is 2.31. The van der Waals surface area contributed by atoms with E-state index >= 15 is 0 Å². The van der Waals surface area contributed by atoms with Gasteiger partial charge in [-0.05, 0) is 23.8 Å². The maximum atomic E-state index is 14.1. The molecule has 2 aromatic rings. The number of carbonyl (C=O) groups excluding carboxylic acids is 1. The van der Waals surface area contributed by atoms with Crippen LogP contribution in [0.5, 0.6) is 0 Å². The van der Waals surface area contributed by atoms with Crippen molar-refractivity contribution in [1.29, 1.82) is 0 Å². The number of benzene rings is 2. The molecule has 1 heterocycles. The molecule has 1 aliphatic rings. The first-order valence-electron chi connectivity index (χ1n) is 6.82. The zero-order chi connectivity index (χ0) is 17.6. The van der Waals surface area contributed by atoms with Crippen molar-refractivity contribution in [2.75, 3.05) is 0 Å². The van der Waals surface area contributed by atoms with Crippen molar-refractivity contribution in [2.45, 2.75) is 12.7 Å². The van der Waals surface area contributed by atoms with E-state index in [0.717, 1.165) is 0 Å². The van der Waals surface area contributed by atoms with Crippen LogP contribution < -0.4 is 0 Å². The molecule has 0 bridgehead atoms. The fourth-order valence-corrected chi connectivity index (χ4v) is 2.73. The average Bonchev–Trinajstić information content (AvgIpc) is 2.73. The van der Waals surface area contributed by atoms with Gasteiger partial charge >= 0.3 is 5.97 Å². The minimum atomic E-state index is -2.06. The van der Waals surface area contributed by atoms with Crippen LogP contribution in [0.25, 0.3) is 11.1 Å². The van der Waals surface area contributed by atoms with Crippen LogP contribution in [-0.4, -0.2) is 16.9 Å². The number of halogens is 4. The molecule has 3 rings (SSSR count). The number of esters is 1. The van der Waals surface area contributed by atoms with E-state index in [2.05, 4.69) is 0 Å². The highest BCUT2D eigenvalue weighted by Gasteiger charge is 2.44. The molecule has 0 saturated carbocycles. The van der Waals surface area contributed by atoms with Crippen molar-refractivity contribution in [3.63, 3.8) is 0 Å². The fourth-order valence-electron chi connectivity index (χ4n) is 2.60. The molecule has 24 heavy (non-hydrogen) atoms. The number of aliphatic hydroxyl groups is 1. The van der Waals surface area contributed by atoms with Crippen LogP contribution in [0.4, 0.5) is 13.2 Å². The lowest BCUT2D eigenvalue weighted by atomic mass is 9.91. The zero-order valence-electron chi connectivity index (χ0n) is 12.2. The summed E-state index contributed by atoms with van der Waals surface area (Å²) in [6.45, 7) is 1.19. The Morgan fingerprint density at radius 3 is 2.25 bits per heavy atom. The van der Waals surface area contributed by atoms with Crippen molar-refractivity contribution in [1.82, 2.24) is 0 Å². The SMILES string of the molecule is CC1(O)OC(=O)C(c2cc(F)c(F)cc2F)=C1c1ccc(Cl)cc1. The zero-order valence-corrected chi connectivity index (χ0v) is 13.0. The van der Waals surface area contributed by atoms with E-state index in [1.165, 1.54) is 31.2 Å². The van der Waals surface area contributed by atoms with E-state index in [4.69, 9.17) is 16.3 Å². The Morgan fingerprint density at radius 2 is 1.62 bits per heavy atom. The third-order valence-electron chi connectivity index (χ3n) is 3.62. The molecule has 0 aliphatic carbocycles. The van der Waals surface area contributed by atoms with Gasteiger partial charge in [-0.25, -0.2) is 18.0 Å². The number of carbonyl (C=O) groups is 1. The van der Waals surface area contributed by atoms with Gasteiger partial charge in [-0.3, -0.25) is 0 Å². The van der Waals surface area contributed by atoms with Crippen molar-refractivity contribution < 1.29 is 27.8 Å². The molecule has 0 fully saturated rings. The molecule has 2 aromatic carbocycles. The summed E-state index contributed by atoms with van der Waals surface area (Å²) in [7, 11) is 0. The van der Waals surface area contributed by atoms with Crippen molar-refractivity contribution in [3.8, 4) is 0 Å². The molecule has 0 aromatic heterocycles. The smallest absolute Gasteiger partial charge is 0.342 e. The van der Waals surface area contributed by atoms with Crippen LogP contribution in [0, 0.1) is 17.5 Å². The van der Waals surface area contributed by atoms with Crippen LogP contribution >= 0.6 is 11.6 Å². The first-order valence-corrected chi connectivity index (χ1v) is 7.20. The molecule has 1 unspecified atom stereocenters. The highest BCUT2D eigenvalue weighted by molar-refractivity contribution is 6.31. The predicted octanol–water partition coefficient (Wildman–Crippen LogP) is 3.93. The van der Waals surface area contributed by atoms with Gasteiger partial charge in [-0.1, -0.05) is 23.7 Å². The van der Waals surface area contributed by atoms with Crippen LogP contribution in [-0.2, 0) is 9.53 Å². The fraction of sp³-hybridized carbons (Fsp3) is 0.118. The Hall–Kier alpha value is -2.31. The summed E-state index contributed by atoms with van der Waals surface area (Å²) in [4.78, 5) is 12.1. The van der Waals surface area contributed by atoms with Crippen LogP contribution in [0.1, 0.15) is 18.1 Å². The van der Waals surface area contributed by atoms with Gasteiger partial charge in [0.05, 0.1) is 5.57 Å². The van der Waals surface area contributed by atoms with Gasteiger partial charge < -0.3 is 9.84 Å². The number of hydrogen-bond acceptors (Lipinski definition) is 3. The third-order valence-corrected chi connectivity index (χ3v) is 3.87. The summed E-state index contributed by atoms with van der Waals surface area (Å²) < 4.78 is 45.6. The number of ether oxygens (including phenoxy) is 1. The lowest BCUT2D eigenvalue weighted by molar-refractivity contribution is -0.169. The summed E-state index contributed by atoms with van der Waals surface area (Å²) in [6, 6.07) is 6.87. The first-order chi connectivity index (χ1) is 11.2. The molecule has 0 spiro atoms. The monoisotopic (exact) mass is 354 g/mol. The molecule has 1 atom stereocenters. The average molecular weight is 355 g/mol. The lowest BCUT2D eigenvalue weighted by Gasteiger charge is -2.20. The van der Waals surface area contributed by atoms with E-state index in [1.807, 2.05) is 0 Å². The van der Waals surface area contributed by atoms with Gasteiger partial charge in [-0.15, -0.1) is 0 Å². The summed E-state index contributed by atoms with van der Waals surface area (Å²) in [5.41, 5.74) is -0.608. The molecule has 0 amide bonds. The van der Waals surface area contributed by atoms with Gasteiger partial charge in [0.25, 0.3) is 0 Å². The van der Waals surface area contributed by atoms with E-state index in [9.17, 15) is 23.1 Å². The van der Waals surface area contributed by atoms with E-state index in [0.29, 0.717) is 22.7 Å². The quantitative estimate of drug-likeness (QED) is 0.656. The predicted molar refractivity (Wildman–Crippen MR) is 81.3 cm³/mol.